The Bertz CT molecular complexity index is 2890. The van der Waals surface area contributed by atoms with Gasteiger partial charge in [-0.1, -0.05) is 135 Å². The molecule has 2 heterocycles. The molecule has 5 aromatic carbocycles. The van der Waals surface area contributed by atoms with Crippen molar-refractivity contribution in [3.63, 3.8) is 0 Å². The lowest BCUT2D eigenvalue weighted by Gasteiger charge is -2.31. The average molecular weight is 790 g/mol. The molecule has 1 aliphatic heterocycles. The zero-order chi connectivity index (χ0) is 41.9. The summed E-state index contributed by atoms with van der Waals surface area (Å²) in [7, 11) is 0. The number of hydrogen-bond donors (Lipinski definition) is 0. The van der Waals surface area contributed by atoms with Crippen molar-refractivity contribution < 1.29 is 0 Å². The lowest BCUT2D eigenvalue weighted by Crippen LogP contribution is -2.32. The number of hydrogen-bond acceptors (Lipinski definition) is 3. The molecular formula is C58H51N3. The van der Waals surface area contributed by atoms with Crippen molar-refractivity contribution in [2.75, 3.05) is 4.90 Å². The SMILES string of the molecule is C=C/C=C\c1c(C)c(-c2cc(/C(C=C)=N/C=C\C)cc(-c3ccccn3)c2)c2ccc(-c3ccccc3CC)cc2c1-c1ccc(N2C3=C(C=CCC3)[C@H]3C=CC=CC32)cc1. The van der Waals surface area contributed by atoms with Crippen molar-refractivity contribution in [3.05, 3.63) is 223 Å². The predicted molar refractivity (Wildman–Crippen MR) is 262 cm³/mol. The second-order valence-corrected chi connectivity index (χ2v) is 15.9. The molecule has 0 N–H and O–H groups in total. The highest BCUT2D eigenvalue weighted by Gasteiger charge is 2.38. The third kappa shape index (κ3) is 7.31. The number of pyridine rings is 1. The first-order valence-electron chi connectivity index (χ1n) is 21.5. The van der Waals surface area contributed by atoms with E-state index < -0.39 is 0 Å². The normalized spacial score (nSPS) is 17.2. The molecule has 3 nitrogen and oxygen atoms in total. The van der Waals surface area contributed by atoms with Gasteiger partial charge in [0.1, 0.15) is 0 Å². The summed E-state index contributed by atoms with van der Waals surface area (Å²) < 4.78 is 0. The molecule has 0 fully saturated rings. The fraction of sp³-hybridized carbons (Fsp3) is 0.138. The van der Waals surface area contributed by atoms with Crippen LogP contribution in [0.1, 0.15) is 48.9 Å². The summed E-state index contributed by atoms with van der Waals surface area (Å²) in [5.41, 5.74) is 18.6. The minimum atomic E-state index is 0.287. The number of rotatable bonds is 11. The van der Waals surface area contributed by atoms with E-state index in [9.17, 15) is 0 Å². The molecule has 6 aromatic rings. The molecule has 0 saturated heterocycles. The molecule has 0 bridgehead atoms. The number of aromatic nitrogens is 1. The molecule has 9 rings (SSSR count). The maximum atomic E-state index is 4.80. The smallest absolute Gasteiger partial charge is 0.0702 e. The summed E-state index contributed by atoms with van der Waals surface area (Å²) in [5, 5.41) is 2.38. The Morgan fingerprint density at radius 2 is 1.64 bits per heavy atom. The van der Waals surface area contributed by atoms with Crippen LogP contribution in [0, 0.1) is 12.8 Å². The summed E-state index contributed by atoms with van der Waals surface area (Å²) in [6.45, 7) is 14.8. The largest absolute Gasteiger partial charge is 0.337 e. The molecule has 1 aromatic heterocycles. The number of nitrogens with zero attached hydrogens (tertiary/aromatic N) is 3. The molecule has 298 valence electrons. The van der Waals surface area contributed by atoms with Crippen LogP contribution in [0.25, 0.3) is 61.5 Å². The van der Waals surface area contributed by atoms with E-state index in [1.54, 1.807) is 0 Å². The van der Waals surface area contributed by atoms with Gasteiger partial charge < -0.3 is 4.90 Å². The zero-order valence-electron chi connectivity index (χ0n) is 35.4. The van der Waals surface area contributed by atoms with Crippen LogP contribution in [0.2, 0.25) is 0 Å². The Balaban J connectivity index is 1.30. The molecule has 3 aliphatic rings. The van der Waals surface area contributed by atoms with E-state index in [0.717, 1.165) is 52.9 Å². The Morgan fingerprint density at radius 1 is 0.836 bits per heavy atom. The van der Waals surface area contributed by atoms with Crippen molar-refractivity contribution in [1.29, 1.82) is 0 Å². The number of allylic oxidation sites excluding steroid dienone is 9. The standard InChI is InChI=1S/C58H51N3/c1-6-10-20-47-39(5)57(45-36-43(53(9-4)59-33-7-2)35-44(37-45)54-24-17-18-34-60-54)51-32-29-42(48-21-12-11-19-40(48)8-3)38-52(51)58(47)41-27-30-46(31-28-41)61-55-25-15-13-22-49(55)50-23-14-16-26-56(50)61/h6-7,9-15,17-25,27-38,49,55H,1,4,8,16,26H2,2-3,5H3/b20-10-,33-7-,59-53+/t49-,55?/m1/s1. The fourth-order valence-corrected chi connectivity index (χ4v) is 9.63. The van der Waals surface area contributed by atoms with E-state index in [1.807, 2.05) is 49.7 Å². The van der Waals surface area contributed by atoms with Gasteiger partial charge in [0.05, 0.1) is 17.4 Å². The fourth-order valence-electron chi connectivity index (χ4n) is 9.63. The molecular weight excluding hydrogens is 739 g/mol. The van der Waals surface area contributed by atoms with Crippen LogP contribution < -0.4 is 4.90 Å². The highest BCUT2D eigenvalue weighted by Crippen LogP contribution is 2.48. The number of aliphatic imine (C=N–C) groups is 1. The summed E-state index contributed by atoms with van der Waals surface area (Å²) in [5.74, 6) is 0.379. The van der Waals surface area contributed by atoms with Gasteiger partial charge in [-0.25, -0.2) is 0 Å². The van der Waals surface area contributed by atoms with Gasteiger partial charge in [0, 0.05) is 40.8 Å². The quantitative estimate of drug-likeness (QED) is 0.0966. The predicted octanol–water partition coefficient (Wildman–Crippen LogP) is 15.0. The van der Waals surface area contributed by atoms with Crippen LogP contribution in [0.3, 0.4) is 0 Å². The molecule has 0 spiro atoms. The van der Waals surface area contributed by atoms with Gasteiger partial charge in [0.2, 0.25) is 0 Å². The lowest BCUT2D eigenvalue weighted by atomic mass is 9.82. The minimum absolute atomic E-state index is 0.287. The average Bonchev–Trinajstić information content (AvgIpc) is 3.65. The van der Waals surface area contributed by atoms with E-state index >= 15 is 0 Å². The second-order valence-electron chi connectivity index (χ2n) is 15.9. The summed E-state index contributed by atoms with van der Waals surface area (Å²) in [4.78, 5) is 12.2. The molecule has 0 saturated carbocycles. The summed E-state index contributed by atoms with van der Waals surface area (Å²) in [6.07, 6.45) is 30.6. The number of anilines is 1. The van der Waals surface area contributed by atoms with Crippen LogP contribution >= 0.6 is 0 Å². The number of benzene rings is 5. The number of aryl methyl sites for hydroxylation is 1. The Labute approximate surface area is 361 Å². The van der Waals surface area contributed by atoms with Gasteiger partial charge in [0.25, 0.3) is 0 Å². The van der Waals surface area contributed by atoms with E-state index in [-0.39, 0.29) is 6.04 Å². The molecule has 0 amide bonds. The van der Waals surface area contributed by atoms with Gasteiger partial charge in [-0.2, -0.15) is 0 Å². The Kier molecular flexibility index (Phi) is 11.1. The first-order valence-corrected chi connectivity index (χ1v) is 21.5. The molecule has 61 heavy (non-hydrogen) atoms. The van der Waals surface area contributed by atoms with Crippen molar-refractivity contribution >= 4 is 28.2 Å². The first kappa shape index (κ1) is 39.4. The zero-order valence-corrected chi connectivity index (χ0v) is 35.4. The molecule has 2 atom stereocenters. The topological polar surface area (TPSA) is 28.5 Å². The third-order valence-electron chi connectivity index (χ3n) is 12.4. The van der Waals surface area contributed by atoms with Crippen molar-refractivity contribution in [2.24, 2.45) is 10.9 Å². The van der Waals surface area contributed by atoms with Crippen LogP contribution in [0.15, 0.2) is 206 Å². The maximum absolute atomic E-state index is 4.80. The van der Waals surface area contributed by atoms with Gasteiger partial charge >= 0.3 is 0 Å². The van der Waals surface area contributed by atoms with Gasteiger partial charge in [-0.05, 0) is 154 Å². The first-order chi connectivity index (χ1) is 30.0. The van der Waals surface area contributed by atoms with Crippen molar-refractivity contribution in [2.45, 2.75) is 46.1 Å². The number of fused-ring (bicyclic) bond motifs is 3. The van der Waals surface area contributed by atoms with E-state index in [4.69, 9.17) is 9.98 Å². The molecule has 2 aliphatic carbocycles. The van der Waals surface area contributed by atoms with Crippen molar-refractivity contribution in [3.8, 4) is 44.6 Å². The highest BCUT2D eigenvalue weighted by molar-refractivity contribution is 6.13. The van der Waals surface area contributed by atoms with E-state index in [1.165, 1.54) is 66.7 Å². The van der Waals surface area contributed by atoms with Crippen LogP contribution in [0.5, 0.6) is 0 Å². The van der Waals surface area contributed by atoms with Crippen LogP contribution in [0.4, 0.5) is 5.69 Å². The maximum Gasteiger partial charge on any atom is 0.0702 e. The molecule has 1 unspecified atom stereocenters. The molecule has 3 heteroatoms. The van der Waals surface area contributed by atoms with E-state index in [2.05, 4.69) is 172 Å². The van der Waals surface area contributed by atoms with Gasteiger partial charge in [0.15, 0.2) is 0 Å². The van der Waals surface area contributed by atoms with Crippen molar-refractivity contribution in [1.82, 2.24) is 4.98 Å². The highest BCUT2D eigenvalue weighted by atomic mass is 15.2. The van der Waals surface area contributed by atoms with Crippen LogP contribution in [-0.4, -0.2) is 16.7 Å². The van der Waals surface area contributed by atoms with Gasteiger partial charge in [-0.15, -0.1) is 0 Å². The summed E-state index contributed by atoms with van der Waals surface area (Å²) >= 11 is 0. The lowest BCUT2D eigenvalue weighted by molar-refractivity contribution is 0.681. The molecule has 0 radical (unpaired) electrons. The van der Waals surface area contributed by atoms with Crippen LogP contribution in [-0.2, 0) is 6.42 Å². The Hall–Kier alpha value is -7.10. The summed E-state index contributed by atoms with van der Waals surface area (Å²) in [6, 6.07) is 38.3. The monoisotopic (exact) mass is 789 g/mol. The van der Waals surface area contributed by atoms with E-state index in [0.29, 0.717) is 5.92 Å². The second kappa shape index (κ2) is 17.2. The Morgan fingerprint density at radius 3 is 2.43 bits per heavy atom. The van der Waals surface area contributed by atoms with Gasteiger partial charge in [-0.3, -0.25) is 9.98 Å². The minimum Gasteiger partial charge on any atom is -0.337 e. The third-order valence-corrected chi connectivity index (χ3v) is 12.4.